The van der Waals surface area contributed by atoms with E-state index in [2.05, 4.69) is 51.4 Å². The Morgan fingerprint density at radius 1 is 1.19 bits per heavy atom. The Kier molecular flexibility index (Phi) is 8.26. The molecule has 0 radical (unpaired) electrons. The molecule has 0 bridgehead atoms. The summed E-state index contributed by atoms with van der Waals surface area (Å²) in [6.45, 7) is 13.8. The number of piperidine rings is 1. The number of aryl methyl sites for hydroxylation is 3. The fraction of sp³-hybridized carbons (Fsp3) is 0.542. The van der Waals surface area contributed by atoms with Crippen LogP contribution in [0.15, 0.2) is 18.2 Å². The number of hydrogen-bond acceptors (Lipinski definition) is 6. The molecule has 7 nitrogen and oxygen atoms in total. The maximum atomic E-state index is 13.0. The molecule has 8 heteroatoms. The van der Waals surface area contributed by atoms with Crippen LogP contribution in [0.5, 0.6) is 0 Å². The Morgan fingerprint density at radius 3 is 2.56 bits per heavy atom. The average molecular weight is 458 g/mol. The second kappa shape index (κ2) is 10.9. The third-order valence-electron chi connectivity index (χ3n) is 6.11. The molecule has 2 amide bonds. The van der Waals surface area contributed by atoms with Crippen LogP contribution < -0.4 is 15.5 Å². The SMILES string of the molecule is CCN(CC)c1ccc(NC(=O)C2CCCN(CC(=O)Nc3nc(C)c(C)s3)C2)c(C)c1. The highest BCUT2D eigenvalue weighted by Crippen LogP contribution is 2.25. The molecule has 2 heterocycles. The van der Waals surface area contributed by atoms with E-state index in [1.165, 1.54) is 17.0 Å². The van der Waals surface area contributed by atoms with Gasteiger partial charge in [0, 0.05) is 35.9 Å². The Bertz CT molecular complexity index is 934. The van der Waals surface area contributed by atoms with Gasteiger partial charge in [0.15, 0.2) is 5.13 Å². The van der Waals surface area contributed by atoms with Crippen molar-refractivity contribution >= 4 is 39.7 Å². The number of nitrogens with one attached hydrogen (secondary N) is 2. The van der Waals surface area contributed by atoms with Crippen molar-refractivity contribution in [3.63, 3.8) is 0 Å². The highest BCUT2D eigenvalue weighted by atomic mass is 32.1. The first-order valence-electron chi connectivity index (χ1n) is 11.4. The van der Waals surface area contributed by atoms with Crippen LogP contribution in [0.4, 0.5) is 16.5 Å². The van der Waals surface area contributed by atoms with Crippen molar-refractivity contribution in [2.45, 2.75) is 47.5 Å². The maximum absolute atomic E-state index is 13.0. The molecule has 32 heavy (non-hydrogen) atoms. The Morgan fingerprint density at radius 2 is 1.94 bits per heavy atom. The van der Waals surface area contributed by atoms with E-state index in [9.17, 15) is 9.59 Å². The van der Waals surface area contributed by atoms with Crippen molar-refractivity contribution in [2.75, 3.05) is 48.3 Å². The largest absolute Gasteiger partial charge is 0.372 e. The topological polar surface area (TPSA) is 77.6 Å². The summed E-state index contributed by atoms with van der Waals surface area (Å²) >= 11 is 1.49. The maximum Gasteiger partial charge on any atom is 0.240 e. The van der Waals surface area contributed by atoms with Gasteiger partial charge < -0.3 is 15.5 Å². The smallest absolute Gasteiger partial charge is 0.240 e. The van der Waals surface area contributed by atoms with Crippen LogP contribution in [0.2, 0.25) is 0 Å². The predicted molar refractivity (Wildman–Crippen MR) is 133 cm³/mol. The molecule has 1 atom stereocenters. The minimum absolute atomic E-state index is 0.0278. The van der Waals surface area contributed by atoms with Gasteiger partial charge in [0.1, 0.15) is 0 Å². The second-order valence-electron chi connectivity index (χ2n) is 8.44. The van der Waals surface area contributed by atoms with Crippen molar-refractivity contribution in [3.05, 3.63) is 34.3 Å². The van der Waals surface area contributed by atoms with E-state index >= 15 is 0 Å². The number of likely N-dealkylation sites (tertiary alicyclic amines) is 1. The van der Waals surface area contributed by atoms with Crippen molar-refractivity contribution in [1.82, 2.24) is 9.88 Å². The molecule has 174 valence electrons. The van der Waals surface area contributed by atoms with Crippen molar-refractivity contribution in [2.24, 2.45) is 5.92 Å². The third kappa shape index (κ3) is 6.07. The Balaban J connectivity index is 1.55. The quantitative estimate of drug-likeness (QED) is 0.621. The zero-order valence-corrected chi connectivity index (χ0v) is 20.6. The molecule has 3 rings (SSSR count). The fourth-order valence-corrected chi connectivity index (χ4v) is 4.94. The summed E-state index contributed by atoms with van der Waals surface area (Å²) < 4.78 is 0. The fourth-order valence-electron chi connectivity index (χ4n) is 4.11. The number of carbonyl (C=O) groups excluding carboxylic acids is 2. The molecule has 0 spiro atoms. The van der Waals surface area contributed by atoms with Crippen LogP contribution in [-0.2, 0) is 9.59 Å². The number of nitrogens with zero attached hydrogens (tertiary/aromatic N) is 3. The molecule has 1 aromatic heterocycles. The average Bonchev–Trinajstić information content (AvgIpc) is 3.07. The highest BCUT2D eigenvalue weighted by molar-refractivity contribution is 7.15. The zero-order valence-electron chi connectivity index (χ0n) is 19.8. The van der Waals surface area contributed by atoms with Gasteiger partial charge in [0.05, 0.1) is 18.2 Å². The van der Waals surface area contributed by atoms with Crippen LogP contribution in [0.3, 0.4) is 0 Å². The first-order valence-corrected chi connectivity index (χ1v) is 12.2. The van der Waals surface area contributed by atoms with E-state index < -0.39 is 0 Å². The number of rotatable bonds is 8. The molecule has 1 saturated heterocycles. The summed E-state index contributed by atoms with van der Waals surface area (Å²) in [4.78, 5) is 35.2. The Hall–Kier alpha value is -2.45. The van der Waals surface area contributed by atoms with Crippen LogP contribution in [0.25, 0.3) is 0 Å². The minimum atomic E-state index is -0.122. The highest BCUT2D eigenvalue weighted by Gasteiger charge is 2.27. The van der Waals surface area contributed by atoms with E-state index in [-0.39, 0.29) is 24.3 Å². The van der Waals surface area contributed by atoms with Gasteiger partial charge >= 0.3 is 0 Å². The van der Waals surface area contributed by atoms with E-state index in [0.717, 1.165) is 54.3 Å². The standard InChI is InChI=1S/C24H35N5O2S/c1-6-29(7-2)20-10-11-21(16(3)13-20)26-23(31)19-9-8-12-28(14-19)15-22(30)27-24-25-17(4)18(5)32-24/h10-11,13,19H,6-9,12,14-15H2,1-5H3,(H,26,31)(H,25,27,30). The number of hydrogen-bond donors (Lipinski definition) is 2. The number of aromatic nitrogens is 1. The van der Waals surface area contributed by atoms with Gasteiger partial charge in [0.2, 0.25) is 11.8 Å². The van der Waals surface area contributed by atoms with Crippen LogP contribution in [0.1, 0.15) is 42.8 Å². The van der Waals surface area contributed by atoms with Crippen LogP contribution in [-0.4, -0.2) is 54.4 Å². The van der Waals surface area contributed by atoms with Gasteiger partial charge in [0.25, 0.3) is 0 Å². The molecule has 2 N–H and O–H groups in total. The van der Waals surface area contributed by atoms with Crippen molar-refractivity contribution in [1.29, 1.82) is 0 Å². The molecule has 0 saturated carbocycles. The molecule has 0 aliphatic carbocycles. The molecule has 1 aliphatic rings. The van der Waals surface area contributed by atoms with Crippen LogP contribution >= 0.6 is 11.3 Å². The number of carbonyl (C=O) groups is 2. The van der Waals surface area contributed by atoms with Gasteiger partial charge in [-0.05, 0) is 77.8 Å². The third-order valence-corrected chi connectivity index (χ3v) is 7.10. The number of benzene rings is 1. The molecule has 1 unspecified atom stereocenters. The molecule has 2 aromatic rings. The number of anilines is 3. The molecular formula is C24H35N5O2S. The number of amides is 2. The summed E-state index contributed by atoms with van der Waals surface area (Å²) in [5, 5.41) is 6.64. The zero-order chi connectivity index (χ0) is 23.3. The lowest BCUT2D eigenvalue weighted by molar-refractivity contribution is -0.123. The van der Waals surface area contributed by atoms with E-state index in [0.29, 0.717) is 11.7 Å². The lowest BCUT2D eigenvalue weighted by Crippen LogP contribution is -2.44. The molecular weight excluding hydrogens is 422 g/mol. The summed E-state index contributed by atoms with van der Waals surface area (Å²) in [7, 11) is 0. The first kappa shape index (κ1) is 24.2. The van der Waals surface area contributed by atoms with Gasteiger partial charge in [-0.1, -0.05) is 0 Å². The van der Waals surface area contributed by atoms with E-state index in [1.54, 1.807) is 0 Å². The molecule has 1 aliphatic heterocycles. The number of thiazole rings is 1. The van der Waals surface area contributed by atoms with E-state index in [4.69, 9.17) is 0 Å². The van der Waals surface area contributed by atoms with Crippen molar-refractivity contribution in [3.8, 4) is 0 Å². The molecule has 1 aromatic carbocycles. The van der Waals surface area contributed by atoms with E-state index in [1.807, 2.05) is 26.8 Å². The van der Waals surface area contributed by atoms with Crippen LogP contribution in [0, 0.1) is 26.7 Å². The van der Waals surface area contributed by atoms with Gasteiger partial charge in [-0.25, -0.2) is 4.98 Å². The lowest BCUT2D eigenvalue weighted by atomic mass is 9.96. The lowest BCUT2D eigenvalue weighted by Gasteiger charge is -2.31. The van der Waals surface area contributed by atoms with Crippen molar-refractivity contribution < 1.29 is 9.59 Å². The Labute approximate surface area is 195 Å². The summed E-state index contributed by atoms with van der Waals surface area (Å²) in [5.74, 6) is -0.176. The first-order chi connectivity index (χ1) is 15.3. The summed E-state index contributed by atoms with van der Waals surface area (Å²) in [6, 6.07) is 6.18. The normalized spacial score (nSPS) is 16.6. The van der Waals surface area contributed by atoms with Gasteiger partial charge in [-0.15, -0.1) is 11.3 Å². The molecule has 1 fully saturated rings. The summed E-state index contributed by atoms with van der Waals surface area (Å²) in [5.41, 5.74) is 4.03. The monoisotopic (exact) mass is 457 g/mol. The predicted octanol–water partition coefficient (Wildman–Crippen LogP) is 4.20. The summed E-state index contributed by atoms with van der Waals surface area (Å²) in [6.07, 6.45) is 1.74. The second-order valence-corrected chi connectivity index (χ2v) is 9.65. The minimum Gasteiger partial charge on any atom is -0.372 e. The van der Waals surface area contributed by atoms with Gasteiger partial charge in [-0.3, -0.25) is 14.5 Å². The van der Waals surface area contributed by atoms with Gasteiger partial charge in [-0.2, -0.15) is 0 Å².